The van der Waals surface area contributed by atoms with Crippen LogP contribution in [-0.2, 0) is 0 Å². The Morgan fingerprint density at radius 1 is 1.32 bits per heavy atom. The number of phenols is 1. The fourth-order valence-corrected chi connectivity index (χ4v) is 4.28. The van der Waals surface area contributed by atoms with Gasteiger partial charge in [0.05, 0.1) is 22.5 Å². The molecule has 0 radical (unpaired) electrons. The Morgan fingerprint density at radius 3 is 2.84 bits per heavy atom. The van der Waals surface area contributed by atoms with Gasteiger partial charge in [0.25, 0.3) is 0 Å². The number of nitrogens with one attached hydrogen (secondary N) is 1. The highest BCUT2D eigenvalue weighted by Crippen LogP contribution is 2.29. The molecule has 1 heterocycles. The van der Waals surface area contributed by atoms with Crippen molar-refractivity contribution in [1.82, 2.24) is 14.9 Å². The molecule has 0 fully saturated rings. The molecule has 0 unspecified atom stereocenters. The number of halogens is 2. The molecular weight excluding hydrogens is 566 g/mol. The molecule has 128 valence electrons. The normalized spacial score (nSPS) is 11.2. The monoisotopic (exact) mass is 578 g/mol. The van der Waals surface area contributed by atoms with Crippen molar-refractivity contribution < 1.29 is 9.84 Å². The number of aromatic nitrogens is 3. The number of aromatic amines is 1. The SMILES string of the molecule is COc1ccccc1-c1n[nH]c(=S)n1N=Cc1cc(I)cc(I)c1O. The number of nitrogens with zero attached hydrogens (tertiary/aromatic N) is 3. The van der Waals surface area contributed by atoms with E-state index in [1.807, 2.05) is 36.4 Å². The van der Waals surface area contributed by atoms with Gasteiger partial charge in [-0.15, -0.1) is 0 Å². The van der Waals surface area contributed by atoms with Crippen LogP contribution in [-0.4, -0.2) is 33.3 Å². The summed E-state index contributed by atoms with van der Waals surface area (Å²) in [6, 6.07) is 11.2. The second-order valence-electron chi connectivity index (χ2n) is 4.93. The molecule has 6 nitrogen and oxygen atoms in total. The standard InChI is InChI=1S/C16H12I2N4O2S/c1-24-13-5-3-2-4-11(13)15-20-21-16(25)22(15)19-8-9-6-10(17)7-12(18)14(9)23/h2-8,23H,1H3,(H,21,25). The number of aromatic hydroxyl groups is 1. The van der Waals surface area contributed by atoms with Gasteiger partial charge in [0.1, 0.15) is 11.5 Å². The average Bonchev–Trinajstić information content (AvgIpc) is 2.97. The lowest BCUT2D eigenvalue weighted by molar-refractivity contribution is 0.416. The first-order valence-electron chi connectivity index (χ1n) is 7.04. The summed E-state index contributed by atoms with van der Waals surface area (Å²) in [6.07, 6.45) is 1.56. The first-order valence-corrected chi connectivity index (χ1v) is 9.61. The highest BCUT2D eigenvalue weighted by molar-refractivity contribution is 14.1. The Balaban J connectivity index is 2.08. The number of methoxy groups -OCH3 is 1. The van der Waals surface area contributed by atoms with Crippen LogP contribution in [0, 0.1) is 11.9 Å². The number of rotatable bonds is 4. The molecule has 9 heteroatoms. The summed E-state index contributed by atoms with van der Waals surface area (Å²) >= 11 is 9.55. The van der Waals surface area contributed by atoms with Crippen LogP contribution >= 0.6 is 57.4 Å². The molecule has 25 heavy (non-hydrogen) atoms. The van der Waals surface area contributed by atoms with Crippen LogP contribution in [0.15, 0.2) is 41.5 Å². The molecule has 3 rings (SSSR count). The summed E-state index contributed by atoms with van der Waals surface area (Å²) in [5.41, 5.74) is 1.36. The maximum Gasteiger partial charge on any atom is 0.216 e. The van der Waals surface area contributed by atoms with E-state index in [0.29, 0.717) is 21.9 Å². The van der Waals surface area contributed by atoms with Gasteiger partial charge in [0.15, 0.2) is 5.82 Å². The zero-order chi connectivity index (χ0) is 18.0. The van der Waals surface area contributed by atoms with Gasteiger partial charge < -0.3 is 9.84 Å². The lowest BCUT2D eigenvalue weighted by Gasteiger charge is -2.07. The van der Waals surface area contributed by atoms with E-state index in [2.05, 4.69) is 60.5 Å². The molecule has 2 N–H and O–H groups in total. The first-order chi connectivity index (χ1) is 12.0. The number of benzene rings is 2. The van der Waals surface area contributed by atoms with Gasteiger partial charge in [-0.2, -0.15) is 14.9 Å². The lowest BCUT2D eigenvalue weighted by Crippen LogP contribution is -1.97. The van der Waals surface area contributed by atoms with Crippen molar-refractivity contribution in [2.24, 2.45) is 5.10 Å². The Morgan fingerprint density at radius 2 is 2.08 bits per heavy atom. The minimum absolute atomic E-state index is 0.179. The van der Waals surface area contributed by atoms with E-state index in [-0.39, 0.29) is 5.75 Å². The quantitative estimate of drug-likeness (QED) is 0.274. The van der Waals surface area contributed by atoms with Crippen molar-refractivity contribution in [2.75, 3.05) is 7.11 Å². The van der Waals surface area contributed by atoms with Gasteiger partial charge in [0.2, 0.25) is 4.77 Å². The Kier molecular flexibility index (Phi) is 5.74. The van der Waals surface area contributed by atoms with E-state index in [1.54, 1.807) is 13.3 Å². The van der Waals surface area contributed by atoms with Gasteiger partial charge in [0, 0.05) is 9.13 Å². The van der Waals surface area contributed by atoms with E-state index in [9.17, 15) is 5.11 Å². The Bertz CT molecular complexity index is 1010. The molecule has 0 amide bonds. The second kappa shape index (κ2) is 7.83. The predicted molar refractivity (Wildman–Crippen MR) is 116 cm³/mol. The number of phenolic OH excluding ortho intramolecular Hbond substituents is 1. The van der Waals surface area contributed by atoms with E-state index < -0.39 is 0 Å². The highest BCUT2D eigenvalue weighted by atomic mass is 127. The van der Waals surface area contributed by atoms with Crippen LogP contribution in [0.5, 0.6) is 11.5 Å². The molecule has 0 aliphatic heterocycles. The summed E-state index contributed by atoms with van der Waals surface area (Å²) in [6.45, 7) is 0. The average molecular weight is 578 g/mol. The summed E-state index contributed by atoms with van der Waals surface area (Å²) in [4.78, 5) is 0. The molecule has 0 spiro atoms. The van der Waals surface area contributed by atoms with Crippen LogP contribution in [0.3, 0.4) is 0 Å². The van der Waals surface area contributed by atoms with Crippen LogP contribution in [0.1, 0.15) is 5.56 Å². The molecule has 0 bridgehead atoms. The Hall–Kier alpha value is -1.47. The highest BCUT2D eigenvalue weighted by Gasteiger charge is 2.13. The van der Waals surface area contributed by atoms with E-state index >= 15 is 0 Å². The molecule has 0 aliphatic rings. The van der Waals surface area contributed by atoms with Gasteiger partial charge in [-0.05, 0) is 81.7 Å². The van der Waals surface area contributed by atoms with Crippen molar-refractivity contribution >= 4 is 63.6 Å². The van der Waals surface area contributed by atoms with Gasteiger partial charge in [-0.3, -0.25) is 0 Å². The molecule has 0 aliphatic carbocycles. The topological polar surface area (TPSA) is 75.4 Å². The Labute approximate surface area is 176 Å². The molecule has 3 aromatic rings. The molecular formula is C16H12I2N4O2S. The third-order valence-electron chi connectivity index (χ3n) is 3.37. The second-order valence-corrected chi connectivity index (χ2v) is 7.73. The fraction of sp³-hybridized carbons (Fsp3) is 0.0625. The van der Waals surface area contributed by atoms with Crippen LogP contribution in [0.2, 0.25) is 0 Å². The van der Waals surface area contributed by atoms with Crippen LogP contribution < -0.4 is 4.74 Å². The number of H-pyrrole nitrogens is 1. The van der Waals surface area contributed by atoms with Crippen molar-refractivity contribution in [3.63, 3.8) is 0 Å². The third-order valence-corrected chi connectivity index (χ3v) is 5.08. The minimum Gasteiger partial charge on any atom is -0.506 e. The number of hydrogen-bond acceptors (Lipinski definition) is 5. The molecule has 1 aromatic heterocycles. The summed E-state index contributed by atoms with van der Waals surface area (Å²) in [5, 5.41) is 21.6. The molecule has 0 atom stereocenters. The maximum absolute atomic E-state index is 10.2. The van der Waals surface area contributed by atoms with E-state index in [4.69, 9.17) is 17.0 Å². The van der Waals surface area contributed by atoms with Crippen molar-refractivity contribution in [3.8, 4) is 22.9 Å². The van der Waals surface area contributed by atoms with Crippen LogP contribution in [0.25, 0.3) is 11.4 Å². The number of hydrogen-bond donors (Lipinski definition) is 2. The van der Waals surface area contributed by atoms with Crippen molar-refractivity contribution in [3.05, 3.63) is 53.9 Å². The molecule has 0 saturated heterocycles. The molecule has 2 aromatic carbocycles. The van der Waals surface area contributed by atoms with Gasteiger partial charge >= 0.3 is 0 Å². The molecule has 0 saturated carbocycles. The fourth-order valence-electron chi connectivity index (χ4n) is 2.21. The van der Waals surface area contributed by atoms with E-state index in [1.165, 1.54) is 4.68 Å². The largest absolute Gasteiger partial charge is 0.506 e. The van der Waals surface area contributed by atoms with Crippen molar-refractivity contribution in [1.29, 1.82) is 0 Å². The van der Waals surface area contributed by atoms with Gasteiger partial charge in [-0.1, -0.05) is 12.1 Å². The summed E-state index contributed by atoms with van der Waals surface area (Å²) < 4.78 is 8.98. The first kappa shape index (κ1) is 18.3. The summed E-state index contributed by atoms with van der Waals surface area (Å²) in [7, 11) is 1.60. The zero-order valence-electron chi connectivity index (χ0n) is 12.9. The summed E-state index contributed by atoms with van der Waals surface area (Å²) in [5.74, 6) is 1.37. The lowest BCUT2D eigenvalue weighted by atomic mass is 10.2. The predicted octanol–water partition coefficient (Wildman–Crippen LogP) is 4.41. The van der Waals surface area contributed by atoms with E-state index in [0.717, 1.165) is 12.7 Å². The number of ether oxygens (including phenoxy) is 1. The zero-order valence-corrected chi connectivity index (χ0v) is 18.0. The number of para-hydroxylation sites is 1. The smallest absolute Gasteiger partial charge is 0.216 e. The minimum atomic E-state index is 0.179. The third kappa shape index (κ3) is 3.87. The van der Waals surface area contributed by atoms with Gasteiger partial charge in [-0.25, -0.2) is 5.10 Å². The maximum atomic E-state index is 10.2. The van der Waals surface area contributed by atoms with Crippen molar-refractivity contribution in [2.45, 2.75) is 0 Å². The van der Waals surface area contributed by atoms with Crippen LogP contribution in [0.4, 0.5) is 0 Å².